The van der Waals surface area contributed by atoms with Crippen LogP contribution in [0.3, 0.4) is 0 Å². The summed E-state index contributed by atoms with van der Waals surface area (Å²) in [6.07, 6.45) is 0. The normalized spacial score (nSPS) is 10.1. The monoisotopic (exact) mass is 381 g/mol. The Bertz CT molecular complexity index is 851. The molecule has 130 valence electrons. The van der Waals surface area contributed by atoms with Gasteiger partial charge in [-0.15, -0.1) is 0 Å². The number of esters is 2. The van der Waals surface area contributed by atoms with Crippen molar-refractivity contribution in [2.75, 3.05) is 19.5 Å². The zero-order valence-corrected chi connectivity index (χ0v) is 14.8. The highest BCUT2D eigenvalue weighted by atomic mass is 35.5. The maximum atomic E-state index is 12.4. The van der Waals surface area contributed by atoms with Gasteiger partial charge in [0.25, 0.3) is 5.91 Å². The molecule has 0 aliphatic rings. The fourth-order valence-electron chi connectivity index (χ4n) is 2.01. The van der Waals surface area contributed by atoms with Crippen LogP contribution in [0.25, 0.3) is 0 Å². The van der Waals surface area contributed by atoms with Gasteiger partial charge in [0.1, 0.15) is 0 Å². The number of hydrogen-bond acceptors (Lipinski definition) is 5. The molecule has 2 rings (SSSR count). The average molecular weight is 382 g/mol. The van der Waals surface area contributed by atoms with Crippen LogP contribution in [0.15, 0.2) is 36.4 Å². The maximum absolute atomic E-state index is 12.4. The fourth-order valence-corrected chi connectivity index (χ4v) is 2.31. The van der Waals surface area contributed by atoms with Crippen LogP contribution in [0.5, 0.6) is 0 Å². The van der Waals surface area contributed by atoms with Crippen molar-refractivity contribution in [1.29, 1.82) is 0 Å². The second kappa shape index (κ2) is 8.00. The van der Waals surface area contributed by atoms with Crippen LogP contribution in [0, 0.1) is 0 Å². The first-order valence-corrected chi connectivity index (χ1v) is 7.70. The lowest BCUT2D eigenvalue weighted by atomic mass is 10.1. The second-order valence-corrected chi connectivity index (χ2v) is 5.64. The van der Waals surface area contributed by atoms with E-state index in [9.17, 15) is 14.4 Å². The summed E-state index contributed by atoms with van der Waals surface area (Å²) in [6, 6.07) is 8.43. The number of methoxy groups -OCH3 is 2. The van der Waals surface area contributed by atoms with Gasteiger partial charge in [0, 0.05) is 5.56 Å². The molecule has 0 bridgehead atoms. The SMILES string of the molecule is COC(=O)c1ccc(C(=O)OC)c(NC(=O)c2ccc(Cl)c(Cl)c2)c1. The highest BCUT2D eigenvalue weighted by Crippen LogP contribution is 2.24. The van der Waals surface area contributed by atoms with Crippen LogP contribution in [-0.2, 0) is 9.47 Å². The third-order valence-corrected chi connectivity index (χ3v) is 4.01. The molecule has 0 unspecified atom stereocenters. The van der Waals surface area contributed by atoms with Gasteiger partial charge in [0.2, 0.25) is 0 Å². The number of rotatable bonds is 4. The summed E-state index contributed by atoms with van der Waals surface area (Å²) in [6.45, 7) is 0. The van der Waals surface area contributed by atoms with E-state index in [0.717, 1.165) is 0 Å². The van der Waals surface area contributed by atoms with Gasteiger partial charge < -0.3 is 14.8 Å². The molecule has 25 heavy (non-hydrogen) atoms. The second-order valence-electron chi connectivity index (χ2n) is 4.83. The van der Waals surface area contributed by atoms with Crippen molar-refractivity contribution >= 4 is 46.7 Å². The van der Waals surface area contributed by atoms with E-state index < -0.39 is 17.8 Å². The summed E-state index contributed by atoms with van der Waals surface area (Å²) in [4.78, 5) is 36.0. The van der Waals surface area contributed by atoms with Crippen LogP contribution >= 0.6 is 23.2 Å². The molecule has 0 saturated carbocycles. The molecule has 0 radical (unpaired) electrons. The van der Waals surface area contributed by atoms with Crippen LogP contribution in [0.4, 0.5) is 5.69 Å². The van der Waals surface area contributed by atoms with E-state index in [0.29, 0.717) is 5.02 Å². The maximum Gasteiger partial charge on any atom is 0.339 e. The van der Waals surface area contributed by atoms with Crippen molar-refractivity contribution in [1.82, 2.24) is 0 Å². The van der Waals surface area contributed by atoms with Crippen LogP contribution < -0.4 is 5.32 Å². The van der Waals surface area contributed by atoms with Crippen molar-refractivity contribution in [3.63, 3.8) is 0 Å². The molecule has 2 aromatic rings. The Hall–Kier alpha value is -2.57. The largest absolute Gasteiger partial charge is 0.465 e. The first-order valence-electron chi connectivity index (χ1n) is 6.94. The van der Waals surface area contributed by atoms with Gasteiger partial charge in [-0.25, -0.2) is 9.59 Å². The molecule has 0 fully saturated rings. The van der Waals surface area contributed by atoms with Crippen LogP contribution in [0.2, 0.25) is 10.0 Å². The summed E-state index contributed by atoms with van der Waals surface area (Å²) < 4.78 is 9.32. The van der Waals surface area contributed by atoms with Crippen molar-refractivity contribution in [2.24, 2.45) is 0 Å². The summed E-state index contributed by atoms with van der Waals surface area (Å²) in [7, 11) is 2.44. The lowest BCUT2D eigenvalue weighted by Gasteiger charge is -2.12. The van der Waals surface area contributed by atoms with E-state index in [2.05, 4.69) is 14.8 Å². The van der Waals surface area contributed by atoms with Crippen molar-refractivity contribution in [3.05, 3.63) is 63.1 Å². The van der Waals surface area contributed by atoms with Crippen LogP contribution in [0.1, 0.15) is 31.1 Å². The zero-order chi connectivity index (χ0) is 18.6. The predicted octanol–water partition coefficient (Wildman–Crippen LogP) is 3.82. The number of halogens is 2. The van der Waals surface area contributed by atoms with Gasteiger partial charge in [-0.3, -0.25) is 4.79 Å². The van der Waals surface area contributed by atoms with E-state index in [1.807, 2.05) is 0 Å². The van der Waals surface area contributed by atoms with E-state index in [1.165, 1.54) is 50.6 Å². The molecule has 1 N–H and O–H groups in total. The molecule has 8 heteroatoms. The highest BCUT2D eigenvalue weighted by molar-refractivity contribution is 6.42. The van der Waals surface area contributed by atoms with Crippen molar-refractivity contribution in [2.45, 2.75) is 0 Å². The van der Waals surface area contributed by atoms with Gasteiger partial charge in [-0.2, -0.15) is 0 Å². The van der Waals surface area contributed by atoms with Gasteiger partial charge in [-0.1, -0.05) is 23.2 Å². The molecule has 6 nitrogen and oxygen atoms in total. The summed E-state index contributed by atoms with van der Waals surface area (Å²) in [5.41, 5.74) is 0.586. The van der Waals surface area contributed by atoms with Crippen molar-refractivity contribution < 1.29 is 23.9 Å². The number of carbonyl (C=O) groups is 3. The van der Waals surface area contributed by atoms with E-state index in [4.69, 9.17) is 23.2 Å². The van der Waals surface area contributed by atoms with Gasteiger partial charge >= 0.3 is 11.9 Å². The first-order chi connectivity index (χ1) is 11.9. The third kappa shape index (κ3) is 4.29. The molecule has 0 saturated heterocycles. The number of hydrogen-bond donors (Lipinski definition) is 1. The Labute approximate surface area is 153 Å². The molecule has 0 spiro atoms. The number of carbonyl (C=O) groups excluding carboxylic acids is 3. The number of benzene rings is 2. The summed E-state index contributed by atoms with van der Waals surface area (Å²) in [5, 5.41) is 3.08. The predicted molar refractivity (Wildman–Crippen MR) is 93.5 cm³/mol. The first kappa shape index (κ1) is 18.8. The van der Waals surface area contributed by atoms with Gasteiger partial charge in [0.15, 0.2) is 0 Å². The molecule has 0 aromatic heterocycles. The number of amides is 1. The lowest BCUT2D eigenvalue weighted by molar-refractivity contribution is 0.0587. The third-order valence-electron chi connectivity index (χ3n) is 3.28. The van der Waals surface area contributed by atoms with E-state index in [-0.39, 0.29) is 27.4 Å². The topological polar surface area (TPSA) is 81.7 Å². The number of anilines is 1. The molecule has 0 heterocycles. The molecular formula is C17H13Cl2NO5. The minimum Gasteiger partial charge on any atom is -0.465 e. The smallest absolute Gasteiger partial charge is 0.339 e. The fraction of sp³-hybridized carbons (Fsp3) is 0.118. The zero-order valence-electron chi connectivity index (χ0n) is 13.3. The Kier molecular flexibility index (Phi) is 6.01. The van der Waals surface area contributed by atoms with Gasteiger partial charge in [-0.05, 0) is 36.4 Å². The Balaban J connectivity index is 2.40. The number of ether oxygens (including phenoxy) is 2. The highest BCUT2D eigenvalue weighted by Gasteiger charge is 2.18. The van der Waals surface area contributed by atoms with Crippen molar-refractivity contribution in [3.8, 4) is 0 Å². The molecule has 0 aliphatic carbocycles. The molecular weight excluding hydrogens is 369 g/mol. The Morgan fingerprint density at radius 3 is 2.08 bits per heavy atom. The van der Waals surface area contributed by atoms with E-state index >= 15 is 0 Å². The van der Waals surface area contributed by atoms with Crippen LogP contribution in [-0.4, -0.2) is 32.1 Å². The van der Waals surface area contributed by atoms with E-state index in [1.54, 1.807) is 0 Å². The summed E-state index contributed by atoms with van der Waals surface area (Å²) >= 11 is 11.7. The molecule has 2 aromatic carbocycles. The lowest BCUT2D eigenvalue weighted by Crippen LogP contribution is -2.16. The number of nitrogens with one attached hydrogen (secondary N) is 1. The standard InChI is InChI=1S/C17H13Cl2NO5/c1-24-16(22)10-3-5-11(17(23)25-2)14(8-10)20-15(21)9-4-6-12(18)13(19)7-9/h3-8H,1-2H3,(H,20,21). The molecule has 0 aliphatic heterocycles. The molecule has 0 atom stereocenters. The minimum atomic E-state index is -0.666. The summed E-state index contributed by atoms with van der Waals surface area (Å²) in [5.74, 6) is -1.81. The minimum absolute atomic E-state index is 0.0866. The molecule has 1 amide bonds. The Morgan fingerprint density at radius 2 is 1.48 bits per heavy atom. The quantitative estimate of drug-likeness (QED) is 0.814. The van der Waals surface area contributed by atoms with Gasteiger partial charge in [0.05, 0.1) is 41.1 Å². The average Bonchev–Trinajstić information content (AvgIpc) is 2.62. The Morgan fingerprint density at radius 1 is 0.840 bits per heavy atom.